The maximum atomic E-state index is 11.5. The minimum atomic E-state index is -3.10. The van der Waals surface area contributed by atoms with Crippen molar-refractivity contribution in [3.63, 3.8) is 0 Å². The molecule has 0 amide bonds. The predicted molar refractivity (Wildman–Crippen MR) is 110 cm³/mol. The highest BCUT2D eigenvalue weighted by Crippen LogP contribution is 2.06. The van der Waals surface area contributed by atoms with Gasteiger partial charge in [0.15, 0.2) is 5.96 Å². The molecule has 0 saturated carbocycles. The zero-order valence-electron chi connectivity index (χ0n) is 15.4. The Hall–Kier alpha value is -0.0900. The van der Waals surface area contributed by atoms with E-state index >= 15 is 0 Å². The third-order valence-electron chi connectivity index (χ3n) is 3.48. The summed E-state index contributed by atoms with van der Waals surface area (Å²) in [6.45, 7) is 10.2. The Balaban J connectivity index is 0. The van der Waals surface area contributed by atoms with Crippen LogP contribution in [-0.4, -0.2) is 57.7 Å². The Kier molecular flexibility index (Phi) is 14.5. The second kappa shape index (κ2) is 13.2. The van der Waals surface area contributed by atoms with Gasteiger partial charge in [-0.1, -0.05) is 20.8 Å². The molecule has 0 spiro atoms. The first-order valence-electron chi connectivity index (χ1n) is 8.13. The fourth-order valence-electron chi connectivity index (χ4n) is 2.10. The van der Waals surface area contributed by atoms with Crippen LogP contribution in [0.5, 0.6) is 0 Å². The van der Waals surface area contributed by atoms with E-state index in [0.717, 1.165) is 18.8 Å². The van der Waals surface area contributed by atoms with Crippen LogP contribution in [0.1, 0.15) is 47.0 Å². The van der Waals surface area contributed by atoms with Gasteiger partial charge in [-0.25, -0.2) is 12.7 Å². The van der Waals surface area contributed by atoms with E-state index in [0.29, 0.717) is 31.6 Å². The minimum Gasteiger partial charge on any atom is -0.356 e. The molecular weight excluding hydrogens is 427 g/mol. The lowest BCUT2D eigenvalue weighted by atomic mass is 10.0. The second-order valence-corrected chi connectivity index (χ2v) is 8.11. The summed E-state index contributed by atoms with van der Waals surface area (Å²) < 4.78 is 24.5. The lowest BCUT2D eigenvalue weighted by Crippen LogP contribution is -2.43. The molecule has 140 valence electrons. The summed E-state index contributed by atoms with van der Waals surface area (Å²) in [7, 11) is -1.35. The van der Waals surface area contributed by atoms with E-state index in [4.69, 9.17) is 0 Å². The number of hydrogen-bond acceptors (Lipinski definition) is 3. The number of guanidine groups is 1. The number of nitrogens with zero attached hydrogens (tertiary/aromatic N) is 2. The molecule has 23 heavy (non-hydrogen) atoms. The summed E-state index contributed by atoms with van der Waals surface area (Å²) in [4.78, 5) is 4.20. The summed E-state index contributed by atoms with van der Waals surface area (Å²) >= 11 is 0. The zero-order chi connectivity index (χ0) is 17.2. The molecule has 0 aliphatic carbocycles. The van der Waals surface area contributed by atoms with Crippen molar-refractivity contribution >= 4 is 40.0 Å². The van der Waals surface area contributed by atoms with E-state index in [9.17, 15) is 8.42 Å². The summed E-state index contributed by atoms with van der Waals surface area (Å²) in [5.74, 6) is 1.48. The lowest BCUT2D eigenvalue weighted by Gasteiger charge is -2.20. The van der Waals surface area contributed by atoms with Crippen molar-refractivity contribution in [2.45, 2.75) is 53.0 Å². The molecule has 0 aliphatic rings. The van der Waals surface area contributed by atoms with Crippen LogP contribution in [0, 0.1) is 5.92 Å². The normalized spacial score (nSPS) is 13.8. The van der Waals surface area contributed by atoms with Crippen LogP contribution in [-0.2, 0) is 10.0 Å². The molecule has 0 aliphatic heterocycles. The van der Waals surface area contributed by atoms with Crippen LogP contribution < -0.4 is 10.6 Å². The van der Waals surface area contributed by atoms with Gasteiger partial charge in [0, 0.05) is 32.7 Å². The molecule has 8 heteroatoms. The van der Waals surface area contributed by atoms with Gasteiger partial charge in [0.25, 0.3) is 0 Å². The molecule has 0 aromatic carbocycles. The van der Waals surface area contributed by atoms with E-state index in [2.05, 4.69) is 36.4 Å². The molecule has 0 saturated heterocycles. The van der Waals surface area contributed by atoms with Gasteiger partial charge in [-0.2, -0.15) is 0 Å². The van der Waals surface area contributed by atoms with Crippen molar-refractivity contribution in [1.82, 2.24) is 14.9 Å². The monoisotopic (exact) mass is 462 g/mol. The van der Waals surface area contributed by atoms with Crippen molar-refractivity contribution in [2.75, 3.05) is 32.9 Å². The van der Waals surface area contributed by atoms with Gasteiger partial charge < -0.3 is 10.6 Å². The van der Waals surface area contributed by atoms with Crippen molar-refractivity contribution in [1.29, 1.82) is 0 Å². The number of rotatable bonds is 10. The highest BCUT2D eigenvalue weighted by molar-refractivity contribution is 14.0. The molecule has 0 bridgehead atoms. The molecule has 2 N–H and O–H groups in total. The quantitative estimate of drug-likeness (QED) is 0.226. The molecule has 1 unspecified atom stereocenters. The van der Waals surface area contributed by atoms with E-state index < -0.39 is 10.0 Å². The standard InChI is InChI=1S/C15H34N4O2S.HI/c1-7-19(22(6,20)21)12-8-11-17-15(16-5)18-14(4)10-9-13(2)3;/h13-14H,7-12H2,1-6H3,(H2,16,17,18);1H. The zero-order valence-corrected chi connectivity index (χ0v) is 18.6. The van der Waals surface area contributed by atoms with Gasteiger partial charge in [0.1, 0.15) is 0 Å². The molecule has 0 radical (unpaired) electrons. The SMILES string of the molecule is CCN(CCCNC(=NC)NC(C)CCC(C)C)S(C)(=O)=O.I. The van der Waals surface area contributed by atoms with Crippen LogP contribution in [0.25, 0.3) is 0 Å². The molecule has 0 rings (SSSR count). The van der Waals surface area contributed by atoms with Gasteiger partial charge in [-0.15, -0.1) is 24.0 Å². The first-order chi connectivity index (χ1) is 10.2. The molecular formula is C15H35IN4O2S. The van der Waals surface area contributed by atoms with Gasteiger partial charge >= 0.3 is 0 Å². The summed E-state index contributed by atoms with van der Waals surface area (Å²) in [5, 5.41) is 6.60. The number of sulfonamides is 1. The highest BCUT2D eigenvalue weighted by Gasteiger charge is 2.13. The summed E-state index contributed by atoms with van der Waals surface area (Å²) in [5.41, 5.74) is 0. The second-order valence-electron chi connectivity index (χ2n) is 6.12. The van der Waals surface area contributed by atoms with Crippen molar-refractivity contribution < 1.29 is 8.42 Å². The van der Waals surface area contributed by atoms with Crippen molar-refractivity contribution in [2.24, 2.45) is 10.9 Å². The molecule has 0 aromatic heterocycles. The first-order valence-corrected chi connectivity index (χ1v) is 9.97. The highest BCUT2D eigenvalue weighted by atomic mass is 127. The number of halogens is 1. The van der Waals surface area contributed by atoms with Gasteiger partial charge in [-0.05, 0) is 32.1 Å². The smallest absolute Gasteiger partial charge is 0.211 e. The predicted octanol–water partition coefficient (Wildman–Crippen LogP) is 2.27. The maximum absolute atomic E-state index is 11.5. The molecule has 6 nitrogen and oxygen atoms in total. The molecule has 0 fully saturated rings. The van der Waals surface area contributed by atoms with Crippen molar-refractivity contribution in [3.05, 3.63) is 0 Å². The van der Waals surface area contributed by atoms with E-state index in [-0.39, 0.29) is 24.0 Å². The topological polar surface area (TPSA) is 73.8 Å². The van der Waals surface area contributed by atoms with Crippen LogP contribution in [0.3, 0.4) is 0 Å². The largest absolute Gasteiger partial charge is 0.356 e. The fourth-order valence-corrected chi connectivity index (χ4v) is 3.03. The molecule has 0 aromatic rings. The lowest BCUT2D eigenvalue weighted by molar-refractivity contribution is 0.423. The Bertz CT molecular complexity index is 427. The van der Waals surface area contributed by atoms with E-state index in [1.807, 2.05) is 6.92 Å². The van der Waals surface area contributed by atoms with Gasteiger partial charge in [-0.3, -0.25) is 4.99 Å². The Morgan fingerprint density at radius 1 is 1.22 bits per heavy atom. The van der Waals surface area contributed by atoms with Crippen LogP contribution >= 0.6 is 24.0 Å². The fraction of sp³-hybridized carbons (Fsp3) is 0.933. The Morgan fingerprint density at radius 3 is 2.26 bits per heavy atom. The third kappa shape index (κ3) is 12.9. The van der Waals surface area contributed by atoms with Crippen LogP contribution in [0.4, 0.5) is 0 Å². The Labute approximate surface area is 160 Å². The third-order valence-corrected chi connectivity index (χ3v) is 4.86. The number of nitrogens with one attached hydrogen (secondary N) is 2. The molecule has 0 heterocycles. The average molecular weight is 462 g/mol. The van der Waals surface area contributed by atoms with E-state index in [1.165, 1.54) is 17.0 Å². The van der Waals surface area contributed by atoms with Crippen LogP contribution in [0.2, 0.25) is 0 Å². The molecule has 1 atom stereocenters. The first kappa shape index (κ1) is 25.2. The minimum absolute atomic E-state index is 0. The Morgan fingerprint density at radius 2 is 1.83 bits per heavy atom. The number of aliphatic imine (C=N–C) groups is 1. The van der Waals surface area contributed by atoms with E-state index in [1.54, 1.807) is 7.05 Å². The van der Waals surface area contributed by atoms with Gasteiger partial charge in [0.2, 0.25) is 10.0 Å². The van der Waals surface area contributed by atoms with Crippen molar-refractivity contribution in [3.8, 4) is 0 Å². The van der Waals surface area contributed by atoms with Crippen LogP contribution in [0.15, 0.2) is 4.99 Å². The summed E-state index contributed by atoms with van der Waals surface area (Å²) in [6, 6.07) is 0.372. The summed E-state index contributed by atoms with van der Waals surface area (Å²) in [6.07, 6.45) is 4.30. The number of hydrogen-bond donors (Lipinski definition) is 2. The maximum Gasteiger partial charge on any atom is 0.211 e. The average Bonchev–Trinajstić information content (AvgIpc) is 2.42. The van der Waals surface area contributed by atoms with Gasteiger partial charge in [0.05, 0.1) is 6.26 Å².